The molecule has 0 amide bonds. The minimum Gasteiger partial charge on any atom is -0.455 e. The van der Waals surface area contributed by atoms with Crippen LogP contribution in [0.5, 0.6) is 0 Å². The van der Waals surface area contributed by atoms with E-state index in [4.69, 9.17) is 14.4 Å². The predicted octanol–water partition coefficient (Wildman–Crippen LogP) is 14.7. The van der Waals surface area contributed by atoms with Crippen LogP contribution in [0.3, 0.4) is 0 Å². The molecular formula is C52H32N2OS. The Labute approximate surface area is 327 Å². The van der Waals surface area contributed by atoms with Gasteiger partial charge in [0.2, 0.25) is 0 Å². The van der Waals surface area contributed by atoms with Gasteiger partial charge in [-0.2, -0.15) is 0 Å². The van der Waals surface area contributed by atoms with Crippen molar-refractivity contribution in [3.05, 3.63) is 194 Å². The molecule has 0 N–H and O–H groups in total. The largest absolute Gasteiger partial charge is 0.455 e. The van der Waals surface area contributed by atoms with Crippen LogP contribution < -0.4 is 0 Å². The number of para-hydroxylation sites is 1. The number of hydrogen-bond donors (Lipinski definition) is 0. The van der Waals surface area contributed by atoms with Crippen LogP contribution in [0.1, 0.15) is 0 Å². The molecule has 11 aromatic rings. The monoisotopic (exact) mass is 732 g/mol. The summed E-state index contributed by atoms with van der Waals surface area (Å²) in [6, 6.07) is 68.3. The lowest BCUT2D eigenvalue weighted by Gasteiger charge is -2.14. The van der Waals surface area contributed by atoms with Crippen molar-refractivity contribution < 1.29 is 4.42 Å². The summed E-state index contributed by atoms with van der Waals surface area (Å²) in [7, 11) is 0. The lowest BCUT2D eigenvalue weighted by atomic mass is 9.93. The Morgan fingerprint density at radius 2 is 0.929 bits per heavy atom. The van der Waals surface area contributed by atoms with E-state index in [-0.39, 0.29) is 0 Å². The van der Waals surface area contributed by atoms with Gasteiger partial charge in [-0.25, -0.2) is 9.97 Å². The summed E-state index contributed by atoms with van der Waals surface area (Å²) in [4.78, 5) is 10.7. The number of fused-ring (bicyclic) bond motifs is 6. The van der Waals surface area contributed by atoms with Crippen LogP contribution in [0.15, 0.2) is 199 Å². The topological polar surface area (TPSA) is 38.9 Å². The maximum atomic E-state index is 6.86. The van der Waals surface area contributed by atoms with E-state index in [2.05, 4.69) is 182 Å². The molecule has 0 saturated heterocycles. The number of furan rings is 1. The van der Waals surface area contributed by atoms with Crippen LogP contribution in [0.25, 0.3) is 109 Å². The van der Waals surface area contributed by atoms with Crippen LogP contribution in [0.4, 0.5) is 0 Å². The summed E-state index contributed by atoms with van der Waals surface area (Å²) >= 11 is 1.83. The van der Waals surface area contributed by atoms with Crippen molar-refractivity contribution in [3.8, 4) is 67.3 Å². The molecule has 3 heterocycles. The Morgan fingerprint density at radius 3 is 1.66 bits per heavy atom. The lowest BCUT2D eigenvalue weighted by Crippen LogP contribution is -1.97. The van der Waals surface area contributed by atoms with Crippen molar-refractivity contribution in [3.63, 3.8) is 0 Å². The Balaban J connectivity index is 1.18. The molecule has 4 heteroatoms. The molecule has 0 radical (unpaired) electrons. The van der Waals surface area contributed by atoms with Gasteiger partial charge in [-0.1, -0.05) is 146 Å². The minimum atomic E-state index is 0.663. The van der Waals surface area contributed by atoms with Gasteiger partial charge < -0.3 is 4.42 Å². The molecular weight excluding hydrogens is 701 g/mol. The molecule has 8 aromatic carbocycles. The molecule has 0 unspecified atom stereocenters. The number of nitrogens with zero attached hydrogens (tertiary/aromatic N) is 2. The summed E-state index contributed by atoms with van der Waals surface area (Å²) < 4.78 is 9.40. The Kier molecular flexibility index (Phi) is 7.68. The van der Waals surface area contributed by atoms with Crippen LogP contribution in [-0.4, -0.2) is 9.97 Å². The molecule has 0 spiro atoms. The molecule has 262 valence electrons. The highest BCUT2D eigenvalue weighted by molar-refractivity contribution is 7.25. The molecule has 0 atom stereocenters. The van der Waals surface area contributed by atoms with E-state index < -0.39 is 0 Å². The van der Waals surface area contributed by atoms with Crippen LogP contribution in [0, 0.1) is 0 Å². The van der Waals surface area contributed by atoms with Crippen molar-refractivity contribution >= 4 is 53.4 Å². The predicted molar refractivity (Wildman–Crippen MR) is 235 cm³/mol. The molecule has 0 saturated carbocycles. The molecule has 3 aromatic heterocycles. The molecule has 0 aliphatic heterocycles. The lowest BCUT2D eigenvalue weighted by molar-refractivity contribution is 0.670. The van der Waals surface area contributed by atoms with Gasteiger partial charge in [0.1, 0.15) is 11.2 Å². The molecule has 0 aliphatic carbocycles. The quantitative estimate of drug-likeness (QED) is 0.171. The molecule has 0 bridgehead atoms. The summed E-state index contributed by atoms with van der Waals surface area (Å²) in [6.07, 6.45) is 0. The van der Waals surface area contributed by atoms with E-state index in [1.165, 1.54) is 20.2 Å². The number of rotatable bonds is 6. The summed E-state index contributed by atoms with van der Waals surface area (Å²) in [5, 5.41) is 4.62. The molecule has 56 heavy (non-hydrogen) atoms. The van der Waals surface area contributed by atoms with Crippen molar-refractivity contribution in [2.75, 3.05) is 0 Å². The van der Waals surface area contributed by atoms with Crippen molar-refractivity contribution in [1.29, 1.82) is 0 Å². The van der Waals surface area contributed by atoms with Crippen LogP contribution >= 0.6 is 11.3 Å². The molecule has 11 rings (SSSR count). The van der Waals surface area contributed by atoms with E-state index in [1.54, 1.807) is 0 Å². The van der Waals surface area contributed by atoms with E-state index in [1.807, 2.05) is 23.5 Å². The van der Waals surface area contributed by atoms with E-state index >= 15 is 0 Å². The average Bonchev–Trinajstić information content (AvgIpc) is 3.86. The maximum Gasteiger partial charge on any atom is 0.160 e. The van der Waals surface area contributed by atoms with Gasteiger partial charge in [0, 0.05) is 53.2 Å². The Bertz CT molecular complexity index is 3180. The van der Waals surface area contributed by atoms with Gasteiger partial charge in [-0.15, -0.1) is 11.3 Å². The van der Waals surface area contributed by atoms with E-state index in [0.29, 0.717) is 5.82 Å². The summed E-state index contributed by atoms with van der Waals surface area (Å²) in [5.74, 6) is 0.663. The highest BCUT2D eigenvalue weighted by Crippen LogP contribution is 2.46. The van der Waals surface area contributed by atoms with Crippen LogP contribution in [0.2, 0.25) is 0 Å². The third-order valence-corrected chi connectivity index (χ3v) is 11.8. The fourth-order valence-electron chi connectivity index (χ4n) is 8.08. The van der Waals surface area contributed by atoms with Crippen molar-refractivity contribution in [1.82, 2.24) is 9.97 Å². The normalized spacial score (nSPS) is 11.6. The Hall–Kier alpha value is -7.14. The fourth-order valence-corrected chi connectivity index (χ4v) is 9.21. The first kappa shape index (κ1) is 32.3. The fraction of sp³-hybridized carbons (Fsp3) is 0. The molecule has 0 aliphatic rings. The van der Waals surface area contributed by atoms with E-state index in [0.717, 1.165) is 83.4 Å². The first-order valence-electron chi connectivity index (χ1n) is 18.8. The highest BCUT2D eigenvalue weighted by atomic mass is 32.1. The Morgan fingerprint density at radius 1 is 0.357 bits per heavy atom. The molecule has 3 nitrogen and oxygen atoms in total. The number of hydrogen-bond acceptors (Lipinski definition) is 4. The second-order valence-electron chi connectivity index (χ2n) is 14.1. The zero-order valence-electron chi connectivity index (χ0n) is 30.2. The molecule has 0 fully saturated rings. The van der Waals surface area contributed by atoms with Crippen molar-refractivity contribution in [2.24, 2.45) is 0 Å². The summed E-state index contributed by atoms with van der Waals surface area (Å²) in [5.41, 5.74) is 13.1. The maximum absolute atomic E-state index is 6.86. The third-order valence-electron chi connectivity index (χ3n) is 10.7. The van der Waals surface area contributed by atoms with Gasteiger partial charge in [0.25, 0.3) is 0 Å². The average molecular weight is 733 g/mol. The zero-order chi connectivity index (χ0) is 37.0. The van der Waals surface area contributed by atoms with Gasteiger partial charge in [0.15, 0.2) is 5.82 Å². The first-order valence-corrected chi connectivity index (χ1v) is 19.6. The SMILES string of the molecule is c1ccc(-c2cc(-c3ccccc3)cc(-c3nc(-c4ccccc4)cc(-c4ccc(-c5cccc6sc7ccccc7c56)c5oc6ccccc6c45)n3)c2)cc1. The van der Waals surface area contributed by atoms with Gasteiger partial charge >= 0.3 is 0 Å². The highest BCUT2D eigenvalue weighted by Gasteiger charge is 2.22. The zero-order valence-corrected chi connectivity index (χ0v) is 31.0. The first-order chi connectivity index (χ1) is 27.7. The van der Waals surface area contributed by atoms with Crippen LogP contribution in [-0.2, 0) is 0 Å². The van der Waals surface area contributed by atoms with E-state index in [9.17, 15) is 0 Å². The third kappa shape index (κ3) is 5.50. The van der Waals surface area contributed by atoms with Gasteiger partial charge in [0.05, 0.1) is 11.4 Å². The standard InChI is InChI=1S/C52H32N2OS/c1-4-15-33(16-5-1)36-29-37(34-17-6-2-7-18-34)31-38(30-36)52-53-44(35-19-8-3-9-20-35)32-45(54-52)41-28-27-40(51-50(41)42-21-10-12-24-46(42)55-51)39-23-14-26-48-49(39)43-22-11-13-25-47(43)56-48/h1-32H. The number of benzene rings is 8. The minimum absolute atomic E-state index is 0.663. The second kappa shape index (κ2) is 13.3. The van der Waals surface area contributed by atoms with Gasteiger partial charge in [-0.05, 0) is 76.3 Å². The smallest absolute Gasteiger partial charge is 0.160 e. The van der Waals surface area contributed by atoms with Crippen molar-refractivity contribution in [2.45, 2.75) is 0 Å². The van der Waals surface area contributed by atoms with Gasteiger partial charge in [-0.3, -0.25) is 0 Å². The summed E-state index contributed by atoms with van der Waals surface area (Å²) in [6.45, 7) is 0. The number of thiophene rings is 1. The second-order valence-corrected chi connectivity index (χ2v) is 15.2. The number of aromatic nitrogens is 2.